The lowest BCUT2D eigenvalue weighted by atomic mass is 10.0. The van der Waals surface area contributed by atoms with Gasteiger partial charge >= 0.3 is 0 Å². The number of nitrogens with two attached hydrogens (primary N) is 1. The van der Waals surface area contributed by atoms with Crippen molar-refractivity contribution in [2.24, 2.45) is 0 Å². The van der Waals surface area contributed by atoms with Gasteiger partial charge in [-0.1, -0.05) is 42.5 Å². The quantitative estimate of drug-likeness (QED) is 0.859. The molecule has 0 radical (unpaired) electrons. The van der Waals surface area contributed by atoms with E-state index < -0.39 is 0 Å². The van der Waals surface area contributed by atoms with Gasteiger partial charge < -0.3 is 10.1 Å². The maximum Gasteiger partial charge on any atom is 0.179 e. The maximum absolute atomic E-state index is 5.45. The van der Waals surface area contributed by atoms with Crippen molar-refractivity contribution < 1.29 is 10.1 Å². The van der Waals surface area contributed by atoms with Crippen LogP contribution in [0.1, 0.15) is 18.4 Å². The first-order valence-corrected chi connectivity index (χ1v) is 8.09. The van der Waals surface area contributed by atoms with Crippen molar-refractivity contribution in [2.45, 2.75) is 25.4 Å². The number of ether oxygens (including phenoxy) is 1. The summed E-state index contributed by atoms with van der Waals surface area (Å²) in [4.78, 5) is 2.56. The van der Waals surface area contributed by atoms with Gasteiger partial charge in [0.15, 0.2) is 11.4 Å². The van der Waals surface area contributed by atoms with E-state index >= 15 is 0 Å². The number of piperidine rings is 1. The van der Waals surface area contributed by atoms with Crippen LogP contribution >= 0.6 is 0 Å². The van der Waals surface area contributed by atoms with Gasteiger partial charge in [-0.2, -0.15) is 0 Å². The van der Waals surface area contributed by atoms with E-state index in [1.165, 1.54) is 37.2 Å². The van der Waals surface area contributed by atoms with Crippen molar-refractivity contribution in [3.05, 3.63) is 60.2 Å². The maximum atomic E-state index is 5.45. The van der Waals surface area contributed by atoms with E-state index in [-0.39, 0.29) is 0 Å². The summed E-state index contributed by atoms with van der Waals surface area (Å²) in [5, 5.41) is 2.39. The second-order valence-corrected chi connectivity index (χ2v) is 6.01. The minimum absolute atomic E-state index is 0.656. The fourth-order valence-corrected chi connectivity index (χ4v) is 3.18. The molecule has 0 aromatic heterocycles. The third kappa shape index (κ3) is 3.87. The smallest absolute Gasteiger partial charge is 0.179 e. The van der Waals surface area contributed by atoms with Crippen LogP contribution in [0, 0.1) is 0 Å². The van der Waals surface area contributed by atoms with Gasteiger partial charge in [0.25, 0.3) is 0 Å². The summed E-state index contributed by atoms with van der Waals surface area (Å²) in [7, 11) is 1.75. The first kappa shape index (κ1) is 15.1. The number of hydrogen-bond acceptors (Lipinski definition) is 2. The van der Waals surface area contributed by atoms with E-state index in [1.807, 2.05) is 12.1 Å². The average Bonchev–Trinajstić information content (AvgIpc) is 2.58. The summed E-state index contributed by atoms with van der Waals surface area (Å²) in [6.45, 7) is 3.42. The normalized spacial score (nSPS) is 16.6. The molecule has 1 aliphatic rings. The van der Waals surface area contributed by atoms with Crippen LogP contribution in [0.5, 0.6) is 5.75 Å². The van der Waals surface area contributed by atoms with E-state index in [2.05, 4.69) is 52.7 Å². The zero-order valence-corrected chi connectivity index (χ0v) is 13.2. The van der Waals surface area contributed by atoms with Crippen molar-refractivity contribution in [2.75, 3.05) is 20.2 Å². The van der Waals surface area contributed by atoms with Crippen LogP contribution < -0.4 is 10.1 Å². The van der Waals surface area contributed by atoms with Crippen molar-refractivity contribution >= 4 is 5.69 Å². The number of hydrogen-bond donors (Lipinski definition) is 1. The molecule has 0 saturated carbocycles. The molecule has 2 N–H and O–H groups in total. The largest absolute Gasteiger partial charge is 0.491 e. The fraction of sp³-hybridized carbons (Fsp3) is 0.368. The SMILES string of the molecule is COc1ccccc1[NH2+]C1CCN(Cc2ccccc2)CC1. The lowest BCUT2D eigenvalue weighted by Crippen LogP contribution is -2.85. The van der Waals surface area contributed by atoms with Gasteiger partial charge in [0, 0.05) is 38.5 Å². The third-order valence-electron chi connectivity index (χ3n) is 4.44. The first-order valence-electron chi connectivity index (χ1n) is 8.09. The molecule has 0 bridgehead atoms. The van der Waals surface area contributed by atoms with Crippen LogP contribution in [0.25, 0.3) is 0 Å². The second kappa shape index (κ2) is 7.43. The highest BCUT2D eigenvalue weighted by molar-refractivity contribution is 5.44. The Morgan fingerprint density at radius 2 is 1.68 bits per heavy atom. The summed E-state index contributed by atoms with van der Waals surface area (Å²) in [5.41, 5.74) is 2.64. The minimum Gasteiger partial charge on any atom is -0.491 e. The van der Waals surface area contributed by atoms with Gasteiger partial charge in [0.05, 0.1) is 13.2 Å². The molecule has 22 heavy (non-hydrogen) atoms. The van der Waals surface area contributed by atoms with Crippen LogP contribution in [0.2, 0.25) is 0 Å². The Bertz CT molecular complexity index is 577. The first-order chi connectivity index (χ1) is 10.8. The summed E-state index contributed by atoms with van der Waals surface area (Å²) >= 11 is 0. The van der Waals surface area contributed by atoms with Gasteiger partial charge in [0.2, 0.25) is 0 Å². The van der Waals surface area contributed by atoms with Crippen LogP contribution in [-0.2, 0) is 6.54 Å². The van der Waals surface area contributed by atoms with Crippen LogP contribution in [0.15, 0.2) is 54.6 Å². The van der Waals surface area contributed by atoms with Crippen LogP contribution in [0.4, 0.5) is 5.69 Å². The standard InChI is InChI=1S/C19H24N2O/c1-22-19-10-6-5-9-18(19)20-17-11-13-21(14-12-17)15-16-7-3-2-4-8-16/h2-10,17,20H,11-15H2,1H3/p+1. The molecule has 0 aliphatic carbocycles. The van der Waals surface area contributed by atoms with Crippen molar-refractivity contribution in [1.82, 2.24) is 4.90 Å². The number of methoxy groups -OCH3 is 1. The summed E-state index contributed by atoms with van der Waals surface area (Å²) < 4.78 is 5.45. The van der Waals surface area contributed by atoms with Gasteiger partial charge in [-0.3, -0.25) is 4.90 Å². The van der Waals surface area contributed by atoms with Crippen LogP contribution in [0.3, 0.4) is 0 Å². The molecule has 0 spiro atoms. The molecule has 0 unspecified atom stereocenters. The highest BCUT2D eigenvalue weighted by Gasteiger charge is 2.23. The Labute approximate surface area is 132 Å². The number of rotatable bonds is 5. The second-order valence-electron chi connectivity index (χ2n) is 6.01. The molecule has 3 rings (SSSR count). The molecule has 3 heteroatoms. The fourth-order valence-electron chi connectivity index (χ4n) is 3.18. The summed E-state index contributed by atoms with van der Waals surface area (Å²) in [6.07, 6.45) is 2.45. The Kier molecular flexibility index (Phi) is 5.09. The number of quaternary nitrogens is 1. The molecular formula is C19H25N2O+. The Morgan fingerprint density at radius 1 is 1.00 bits per heavy atom. The molecule has 1 fully saturated rings. The highest BCUT2D eigenvalue weighted by Crippen LogP contribution is 2.19. The summed E-state index contributed by atoms with van der Waals surface area (Å²) in [6, 6.07) is 19.7. The molecule has 3 nitrogen and oxygen atoms in total. The van der Waals surface area contributed by atoms with E-state index in [0.29, 0.717) is 6.04 Å². The molecule has 0 atom stereocenters. The van der Waals surface area contributed by atoms with E-state index in [4.69, 9.17) is 4.74 Å². The van der Waals surface area contributed by atoms with Crippen molar-refractivity contribution in [3.63, 3.8) is 0 Å². The van der Waals surface area contributed by atoms with E-state index in [9.17, 15) is 0 Å². The molecule has 116 valence electrons. The Balaban J connectivity index is 1.51. The molecule has 2 aromatic rings. The Morgan fingerprint density at radius 3 is 2.41 bits per heavy atom. The van der Waals surface area contributed by atoms with E-state index in [1.54, 1.807) is 7.11 Å². The third-order valence-corrected chi connectivity index (χ3v) is 4.44. The van der Waals surface area contributed by atoms with Crippen molar-refractivity contribution in [3.8, 4) is 5.75 Å². The minimum atomic E-state index is 0.656. The number of nitrogens with zero attached hydrogens (tertiary/aromatic N) is 1. The Hall–Kier alpha value is -1.84. The highest BCUT2D eigenvalue weighted by atomic mass is 16.5. The predicted molar refractivity (Wildman–Crippen MR) is 89.3 cm³/mol. The number of benzene rings is 2. The topological polar surface area (TPSA) is 29.1 Å². The van der Waals surface area contributed by atoms with Gasteiger partial charge in [-0.05, 0) is 11.6 Å². The average molecular weight is 297 g/mol. The summed E-state index contributed by atoms with van der Waals surface area (Å²) in [5.74, 6) is 0.981. The molecule has 2 aromatic carbocycles. The molecular weight excluding hydrogens is 272 g/mol. The monoisotopic (exact) mass is 297 g/mol. The lowest BCUT2D eigenvalue weighted by Gasteiger charge is -2.30. The lowest BCUT2D eigenvalue weighted by molar-refractivity contribution is -0.614. The molecule has 1 heterocycles. The molecule has 1 saturated heterocycles. The van der Waals surface area contributed by atoms with Gasteiger partial charge in [-0.25, -0.2) is 0 Å². The van der Waals surface area contributed by atoms with Crippen LogP contribution in [-0.4, -0.2) is 31.1 Å². The predicted octanol–water partition coefficient (Wildman–Crippen LogP) is 2.55. The van der Waals surface area contributed by atoms with Crippen molar-refractivity contribution in [1.29, 1.82) is 0 Å². The zero-order valence-electron chi connectivity index (χ0n) is 13.2. The van der Waals surface area contributed by atoms with Gasteiger partial charge in [-0.15, -0.1) is 0 Å². The zero-order chi connectivity index (χ0) is 15.2. The van der Waals surface area contributed by atoms with E-state index in [0.717, 1.165) is 12.3 Å². The molecule has 1 aliphatic heterocycles. The van der Waals surface area contributed by atoms with Gasteiger partial charge in [0.1, 0.15) is 0 Å². The number of likely N-dealkylation sites (tertiary alicyclic amines) is 1. The molecule has 0 amide bonds. The number of para-hydroxylation sites is 2.